The number of nitrogens with zero attached hydrogens (tertiary/aromatic N) is 1. The number of terminal acetylenes is 1. The number of rotatable bonds is 8. The van der Waals surface area contributed by atoms with Crippen molar-refractivity contribution >= 4 is 0 Å². The molecule has 3 nitrogen and oxygen atoms in total. The number of aryl methyl sites for hydroxylation is 1. The van der Waals surface area contributed by atoms with Gasteiger partial charge in [0.25, 0.3) is 0 Å². The van der Waals surface area contributed by atoms with Crippen LogP contribution in [0.5, 0.6) is 0 Å². The third-order valence-corrected chi connectivity index (χ3v) is 2.90. The van der Waals surface area contributed by atoms with Gasteiger partial charge in [-0.1, -0.05) is 42.7 Å². The summed E-state index contributed by atoms with van der Waals surface area (Å²) in [5, 5.41) is 9.87. The van der Waals surface area contributed by atoms with Crippen LogP contribution in [-0.4, -0.2) is 42.4 Å². The van der Waals surface area contributed by atoms with Crippen LogP contribution in [0.1, 0.15) is 18.1 Å². The van der Waals surface area contributed by atoms with Gasteiger partial charge in [0.1, 0.15) is 6.61 Å². The topological polar surface area (TPSA) is 32.7 Å². The van der Waals surface area contributed by atoms with Gasteiger partial charge in [-0.2, -0.15) is 0 Å². The molecule has 1 aromatic carbocycles. The maximum atomic E-state index is 9.87. The lowest BCUT2D eigenvalue weighted by atomic mass is 10.1. The average Bonchev–Trinajstić information content (AvgIpc) is 2.38. The Morgan fingerprint density at radius 3 is 2.89 bits per heavy atom. The molecule has 0 aromatic heterocycles. The highest BCUT2D eigenvalue weighted by Gasteiger charge is 2.11. The predicted molar refractivity (Wildman–Crippen MR) is 77.8 cm³/mol. The Kier molecular flexibility index (Phi) is 7.20. The van der Waals surface area contributed by atoms with Gasteiger partial charge in [0, 0.05) is 13.1 Å². The maximum Gasteiger partial charge on any atom is 0.107 e. The van der Waals surface area contributed by atoms with Crippen molar-refractivity contribution in [1.29, 1.82) is 0 Å². The molecule has 0 aliphatic carbocycles. The van der Waals surface area contributed by atoms with Crippen LogP contribution in [0.2, 0.25) is 0 Å². The minimum atomic E-state index is -0.502. The molecule has 0 amide bonds. The van der Waals surface area contributed by atoms with Crippen LogP contribution in [-0.2, 0) is 11.3 Å². The zero-order valence-corrected chi connectivity index (χ0v) is 11.8. The summed E-state index contributed by atoms with van der Waals surface area (Å²) >= 11 is 0. The number of aliphatic hydroxyl groups excluding tert-OH is 1. The maximum absolute atomic E-state index is 9.87. The van der Waals surface area contributed by atoms with E-state index in [9.17, 15) is 5.11 Å². The van der Waals surface area contributed by atoms with Gasteiger partial charge in [-0.15, -0.1) is 6.42 Å². The molecule has 1 rings (SSSR count). The molecule has 3 heteroatoms. The van der Waals surface area contributed by atoms with E-state index < -0.39 is 6.10 Å². The second-order valence-corrected chi connectivity index (χ2v) is 4.69. The molecule has 0 heterocycles. The lowest BCUT2D eigenvalue weighted by Crippen LogP contribution is -2.34. The van der Waals surface area contributed by atoms with E-state index in [1.165, 1.54) is 11.1 Å². The quantitative estimate of drug-likeness (QED) is 0.572. The Morgan fingerprint density at radius 2 is 2.26 bits per heavy atom. The van der Waals surface area contributed by atoms with Gasteiger partial charge in [0.05, 0.1) is 12.7 Å². The van der Waals surface area contributed by atoms with Gasteiger partial charge in [-0.05, 0) is 19.0 Å². The Balaban J connectivity index is 2.43. The van der Waals surface area contributed by atoms with Crippen LogP contribution in [0.25, 0.3) is 0 Å². The molecule has 1 aromatic rings. The third kappa shape index (κ3) is 6.40. The molecule has 0 saturated heterocycles. The minimum Gasteiger partial charge on any atom is -0.389 e. The molecule has 0 radical (unpaired) electrons. The fraction of sp³-hybridized carbons (Fsp3) is 0.500. The lowest BCUT2D eigenvalue weighted by molar-refractivity contribution is 0.0272. The van der Waals surface area contributed by atoms with E-state index in [0.29, 0.717) is 6.54 Å². The van der Waals surface area contributed by atoms with Crippen molar-refractivity contribution < 1.29 is 9.84 Å². The van der Waals surface area contributed by atoms with Crippen LogP contribution in [0.15, 0.2) is 24.3 Å². The molecule has 1 N–H and O–H groups in total. The zero-order valence-electron chi connectivity index (χ0n) is 11.8. The SMILES string of the molecule is C#CCOCC(O)CN(CC)Cc1cccc(C)c1. The molecule has 0 fully saturated rings. The van der Waals surface area contributed by atoms with Crippen molar-refractivity contribution in [2.75, 3.05) is 26.3 Å². The number of ether oxygens (including phenoxy) is 1. The van der Waals surface area contributed by atoms with Gasteiger partial charge >= 0.3 is 0 Å². The first-order valence-corrected chi connectivity index (χ1v) is 6.62. The molecular formula is C16H23NO2. The van der Waals surface area contributed by atoms with Crippen molar-refractivity contribution in [2.24, 2.45) is 0 Å². The van der Waals surface area contributed by atoms with E-state index in [1.54, 1.807) is 0 Å². The van der Waals surface area contributed by atoms with Crippen LogP contribution in [0, 0.1) is 19.3 Å². The van der Waals surface area contributed by atoms with E-state index in [1.807, 2.05) is 0 Å². The highest BCUT2D eigenvalue weighted by molar-refractivity contribution is 5.22. The highest BCUT2D eigenvalue weighted by Crippen LogP contribution is 2.08. The van der Waals surface area contributed by atoms with Crippen molar-refractivity contribution in [1.82, 2.24) is 4.90 Å². The summed E-state index contributed by atoms with van der Waals surface area (Å²) in [6.45, 7) is 7.03. The molecule has 0 spiro atoms. The van der Waals surface area contributed by atoms with Crippen LogP contribution >= 0.6 is 0 Å². The first-order chi connectivity index (χ1) is 9.15. The summed E-state index contributed by atoms with van der Waals surface area (Å²) in [5.74, 6) is 2.39. The van der Waals surface area contributed by atoms with Crippen molar-refractivity contribution in [2.45, 2.75) is 26.5 Å². The smallest absolute Gasteiger partial charge is 0.107 e. The van der Waals surface area contributed by atoms with Gasteiger partial charge in [0.2, 0.25) is 0 Å². The molecular weight excluding hydrogens is 238 g/mol. The number of hydrogen-bond acceptors (Lipinski definition) is 3. The third-order valence-electron chi connectivity index (χ3n) is 2.90. The second-order valence-electron chi connectivity index (χ2n) is 4.69. The fourth-order valence-electron chi connectivity index (χ4n) is 1.98. The van der Waals surface area contributed by atoms with E-state index in [0.717, 1.165) is 13.1 Å². The summed E-state index contributed by atoms with van der Waals surface area (Å²) in [5.41, 5.74) is 2.52. The molecule has 19 heavy (non-hydrogen) atoms. The standard InChI is InChI=1S/C16H23NO2/c1-4-9-19-13-16(18)12-17(5-2)11-15-8-6-7-14(3)10-15/h1,6-8,10,16,18H,5,9,11-13H2,2-3H3. The van der Waals surface area contributed by atoms with E-state index >= 15 is 0 Å². The Hall–Kier alpha value is -1.34. The van der Waals surface area contributed by atoms with Crippen LogP contribution in [0.3, 0.4) is 0 Å². The Morgan fingerprint density at radius 1 is 1.47 bits per heavy atom. The monoisotopic (exact) mass is 261 g/mol. The van der Waals surface area contributed by atoms with Gasteiger partial charge in [-0.25, -0.2) is 0 Å². The number of likely N-dealkylation sites (N-methyl/N-ethyl adjacent to an activating group) is 1. The molecule has 0 aliphatic rings. The molecule has 1 atom stereocenters. The average molecular weight is 261 g/mol. The summed E-state index contributed by atoms with van der Waals surface area (Å²) in [6, 6.07) is 8.42. The first-order valence-electron chi connectivity index (χ1n) is 6.62. The van der Waals surface area contributed by atoms with Gasteiger partial charge in [0.15, 0.2) is 0 Å². The van der Waals surface area contributed by atoms with Gasteiger partial charge < -0.3 is 9.84 Å². The van der Waals surface area contributed by atoms with Crippen LogP contribution in [0.4, 0.5) is 0 Å². The summed E-state index contributed by atoms with van der Waals surface area (Å²) < 4.78 is 5.15. The molecule has 1 unspecified atom stereocenters. The highest BCUT2D eigenvalue weighted by atomic mass is 16.5. The number of hydrogen-bond donors (Lipinski definition) is 1. The summed E-state index contributed by atoms with van der Waals surface area (Å²) in [7, 11) is 0. The normalized spacial score (nSPS) is 12.4. The summed E-state index contributed by atoms with van der Waals surface area (Å²) in [6.07, 6.45) is 4.59. The minimum absolute atomic E-state index is 0.251. The molecule has 104 valence electrons. The van der Waals surface area contributed by atoms with E-state index in [-0.39, 0.29) is 13.2 Å². The zero-order chi connectivity index (χ0) is 14.1. The number of aliphatic hydroxyl groups is 1. The molecule has 0 bridgehead atoms. The largest absolute Gasteiger partial charge is 0.389 e. The summed E-state index contributed by atoms with van der Waals surface area (Å²) in [4.78, 5) is 2.19. The van der Waals surface area contributed by atoms with Crippen molar-refractivity contribution in [3.63, 3.8) is 0 Å². The van der Waals surface area contributed by atoms with Crippen molar-refractivity contribution in [3.05, 3.63) is 35.4 Å². The van der Waals surface area contributed by atoms with Gasteiger partial charge in [-0.3, -0.25) is 4.90 Å². The Bertz CT molecular complexity index is 411. The molecule has 0 aliphatic heterocycles. The predicted octanol–water partition coefficient (Wildman–Crippen LogP) is 1.83. The lowest BCUT2D eigenvalue weighted by Gasteiger charge is -2.23. The van der Waals surface area contributed by atoms with E-state index in [2.05, 4.69) is 48.9 Å². The molecule has 0 saturated carbocycles. The first kappa shape index (κ1) is 15.7. The number of benzene rings is 1. The fourth-order valence-corrected chi connectivity index (χ4v) is 1.98. The van der Waals surface area contributed by atoms with Crippen molar-refractivity contribution in [3.8, 4) is 12.3 Å². The van der Waals surface area contributed by atoms with E-state index in [4.69, 9.17) is 11.2 Å². The second kappa shape index (κ2) is 8.71. The Labute approximate surface area is 116 Å². The van der Waals surface area contributed by atoms with Crippen LogP contribution < -0.4 is 0 Å².